The molecule has 0 radical (unpaired) electrons. The molecular weight excluding hydrogens is 785 g/mol. The Labute approximate surface area is 360 Å². The van der Waals surface area contributed by atoms with Crippen molar-refractivity contribution in [1.29, 1.82) is 0 Å². The molecule has 17 nitrogen and oxygen atoms in total. The van der Waals surface area contributed by atoms with Crippen molar-refractivity contribution in [2.75, 3.05) is 40.4 Å². The molecule has 4 fully saturated rings. The minimum Gasteiger partial charge on any atom is -0.458 e. The molecule has 3 unspecified atom stereocenters. The third-order valence-electron chi connectivity index (χ3n) is 13.3. The van der Waals surface area contributed by atoms with Crippen molar-refractivity contribution in [3.8, 4) is 11.4 Å². The van der Waals surface area contributed by atoms with Crippen molar-refractivity contribution in [2.45, 2.75) is 141 Å². The number of nitrogens with one attached hydrogen (secondary N) is 2. The molecule has 2 aromatic heterocycles. The fourth-order valence-electron chi connectivity index (χ4n) is 10.1. The average molecular weight is 853 g/mol. The number of hydrogen-bond acceptors (Lipinski definition) is 15. The average Bonchev–Trinajstić information content (AvgIpc) is 3.83. The van der Waals surface area contributed by atoms with E-state index in [2.05, 4.69) is 57.6 Å². The number of esters is 1. The van der Waals surface area contributed by atoms with E-state index < -0.39 is 71.8 Å². The predicted octanol–water partition coefficient (Wildman–Crippen LogP) is 3.93. The number of tetrazole rings is 1. The summed E-state index contributed by atoms with van der Waals surface area (Å²) in [6, 6.07) is 3.00. The molecule has 1 amide bonds. The first-order chi connectivity index (χ1) is 29.0. The number of cyclic esters (lactones) is 1. The van der Waals surface area contributed by atoms with E-state index in [0.29, 0.717) is 50.3 Å². The first-order valence-electron chi connectivity index (χ1n) is 21.8. The lowest BCUT2D eigenvalue weighted by atomic mass is 9.71. The van der Waals surface area contributed by atoms with Crippen LogP contribution >= 0.6 is 0 Å². The van der Waals surface area contributed by atoms with Crippen LogP contribution < -0.4 is 10.6 Å². The van der Waals surface area contributed by atoms with Gasteiger partial charge in [-0.05, 0) is 95.1 Å². The summed E-state index contributed by atoms with van der Waals surface area (Å²) < 4.78 is 41.1. The molecule has 6 rings (SSSR count). The van der Waals surface area contributed by atoms with Crippen molar-refractivity contribution in [2.24, 2.45) is 23.7 Å². The molecule has 61 heavy (non-hydrogen) atoms. The number of carbonyl (C=O) groups is 2. The lowest BCUT2D eigenvalue weighted by molar-refractivity contribution is -0.302. The van der Waals surface area contributed by atoms with E-state index in [4.69, 9.17) is 28.4 Å². The fraction of sp³-hybridized carbons (Fsp3) is 0.727. The number of amides is 1. The summed E-state index contributed by atoms with van der Waals surface area (Å²) in [7, 11) is 3.88. The highest BCUT2D eigenvalue weighted by Crippen LogP contribution is 2.44. The molecule has 6 heterocycles. The molecule has 4 aliphatic rings. The van der Waals surface area contributed by atoms with Gasteiger partial charge in [0, 0.05) is 48.9 Å². The van der Waals surface area contributed by atoms with Crippen LogP contribution in [0.4, 0.5) is 4.79 Å². The highest BCUT2D eigenvalue weighted by molar-refractivity contribution is 5.74. The Kier molecular flexibility index (Phi) is 15.1. The second-order valence-electron chi connectivity index (χ2n) is 18.2. The number of rotatable bonds is 10. The van der Waals surface area contributed by atoms with Gasteiger partial charge in [0.05, 0.1) is 55.6 Å². The Morgan fingerprint density at radius 2 is 1.92 bits per heavy atom. The number of carbonyl (C=O) groups excluding carboxylic acids is 2. The van der Waals surface area contributed by atoms with Gasteiger partial charge in [-0.3, -0.25) is 9.78 Å². The molecule has 4 aliphatic heterocycles. The molecule has 0 aromatic carbocycles. The second kappa shape index (κ2) is 19.7. The van der Waals surface area contributed by atoms with Crippen LogP contribution in [0.3, 0.4) is 0 Å². The van der Waals surface area contributed by atoms with Crippen LogP contribution in [0.25, 0.3) is 11.4 Å². The minimum atomic E-state index is -1.19. The van der Waals surface area contributed by atoms with Gasteiger partial charge in [0.15, 0.2) is 17.7 Å². The summed E-state index contributed by atoms with van der Waals surface area (Å²) in [5.74, 6) is -1.54. The largest absolute Gasteiger partial charge is 0.458 e. The van der Waals surface area contributed by atoms with Crippen LogP contribution in [0.1, 0.15) is 74.7 Å². The normalized spacial score (nSPS) is 38.5. The van der Waals surface area contributed by atoms with Gasteiger partial charge in [-0.15, -0.1) is 5.10 Å². The van der Waals surface area contributed by atoms with Gasteiger partial charge in [-0.2, -0.15) is 0 Å². The maximum atomic E-state index is 14.4. The highest BCUT2D eigenvalue weighted by atomic mass is 16.7. The molecule has 17 heteroatoms. The standard InChI is InChI=1S/C44H68N8O9/c1-12-34-44(9)37(47-42(55)61-44)28(5)32(15-17-45-18-19-52-39(48-49-50-52)31-14-13-16-46-22-31)26(3)21-43(8)38(60-41-35(53)33(51(10)11)20-27(4)58-41)29(6)36(30(7)40(54)59-34)56-23-25(2)24-57-43/h13-16,22,26-30,33-38,41,45,53H,2,12,17-21,23-24H2,1,3-11H3,(H,47,55)/b32-15+/t26-,27-,28+,29+,30-,33+,34-,35-,36?,37?,38-,41?,43-,44-/m1/s1. The van der Waals surface area contributed by atoms with Gasteiger partial charge in [0.25, 0.3) is 0 Å². The van der Waals surface area contributed by atoms with Gasteiger partial charge in [0.1, 0.15) is 12.2 Å². The Balaban J connectivity index is 1.38. The number of pyridine rings is 1. The van der Waals surface area contributed by atoms with Crippen molar-refractivity contribution < 1.29 is 43.1 Å². The maximum Gasteiger partial charge on any atom is 0.408 e. The molecule has 4 saturated heterocycles. The van der Waals surface area contributed by atoms with Crippen molar-refractivity contribution in [3.63, 3.8) is 0 Å². The van der Waals surface area contributed by atoms with Crippen LogP contribution in [-0.2, 0) is 39.8 Å². The number of likely N-dealkylation sites (N-methyl/N-ethyl adjacent to an activating group) is 1. The molecule has 0 spiro atoms. The summed E-state index contributed by atoms with van der Waals surface area (Å²) in [5, 5.41) is 30.7. The lowest BCUT2D eigenvalue weighted by Gasteiger charge is -2.49. The van der Waals surface area contributed by atoms with E-state index in [1.165, 1.54) is 0 Å². The number of aromatic nitrogens is 5. The predicted molar refractivity (Wildman–Crippen MR) is 226 cm³/mol. The van der Waals surface area contributed by atoms with Crippen LogP contribution in [0.2, 0.25) is 0 Å². The number of fused-ring (bicyclic) bond motifs is 4. The topological polar surface area (TPSA) is 194 Å². The van der Waals surface area contributed by atoms with E-state index in [1.54, 1.807) is 24.0 Å². The van der Waals surface area contributed by atoms with Gasteiger partial charge >= 0.3 is 12.1 Å². The molecule has 2 aromatic rings. The van der Waals surface area contributed by atoms with Crippen LogP contribution in [-0.4, -0.2) is 148 Å². The Bertz CT molecular complexity index is 1850. The number of ether oxygens (including phenoxy) is 6. The summed E-state index contributed by atoms with van der Waals surface area (Å²) in [4.78, 5) is 33.8. The summed E-state index contributed by atoms with van der Waals surface area (Å²) >= 11 is 0. The van der Waals surface area contributed by atoms with Crippen molar-refractivity contribution in [1.82, 2.24) is 40.7 Å². The van der Waals surface area contributed by atoms with Gasteiger partial charge < -0.3 is 49.1 Å². The van der Waals surface area contributed by atoms with Crippen LogP contribution in [0.15, 0.2) is 48.3 Å². The molecule has 0 aliphatic carbocycles. The number of aliphatic hydroxyl groups excluding tert-OH is 1. The smallest absolute Gasteiger partial charge is 0.408 e. The zero-order chi connectivity index (χ0) is 44.2. The highest BCUT2D eigenvalue weighted by Gasteiger charge is 2.57. The number of nitrogens with zero attached hydrogens (tertiary/aromatic N) is 6. The molecule has 338 valence electrons. The molecular formula is C44H68N8O9. The SMILES string of the molecule is C=C1COC2[C@@H](C)C(=O)O[C@H](CC)[C@@]3(C)OC(=O)NC3[C@@H](C)/C(=C/CNCCn3nnnc3-c3cccnc3)[C@H](C)C[C@@](C)(OC1)[C@H](OC1O[C@H](C)C[C@H](N(C)C)[C@H]1O)[C@H]2C. The first-order valence-corrected chi connectivity index (χ1v) is 21.8. The second-order valence-corrected chi connectivity index (χ2v) is 18.2. The Hall–Kier alpha value is -3.84. The fourth-order valence-corrected chi connectivity index (χ4v) is 10.1. The lowest BCUT2D eigenvalue weighted by Crippen LogP contribution is -2.60. The van der Waals surface area contributed by atoms with E-state index >= 15 is 0 Å². The number of aliphatic hydroxyl groups is 1. The molecule has 14 atom stereocenters. The maximum absolute atomic E-state index is 14.4. The minimum absolute atomic E-state index is 0.152. The first kappa shape index (κ1) is 46.7. The van der Waals surface area contributed by atoms with E-state index in [0.717, 1.165) is 11.1 Å². The van der Waals surface area contributed by atoms with E-state index in [1.807, 2.05) is 65.7 Å². The number of alkyl carbamates (subject to hydrolysis) is 1. The molecule has 2 bridgehead atoms. The molecule has 0 saturated carbocycles. The quantitative estimate of drug-likeness (QED) is 0.177. The summed E-state index contributed by atoms with van der Waals surface area (Å²) in [6.45, 7) is 22.0. The van der Waals surface area contributed by atoms with E-state index in [-0.39, 0.29) is 37.2 Å². The zero-order valence-electron chi connectivity index (χ0n) is 37.6. The van der Waals surface area contributed by atoms with Crippen molar-refractivity contribution in [3.05, 3.63) is 48.3 Å². The Morgan fingerprint density at radius 3 is 2.62 bits per heavy atom. The van der Waals surface area contributed by atoms with E-state index in [9.17, 15) is 14.7 Å². The number of hydrogen-bond donors (Lipinski definition) is 3. The summed E-state index contributed by atoms with van der Waals surface area (Å²) in [6.07, 6.45) is 2.18. The van der Waals surface area contributed by atoms with Gasteiger partial charge in [-0.25, -0.2) is 9.48 Å². The zero-order valence-corrected chi connectivity index (χ0v) is 37.6. The van der Waals surface area contributed by atoms with Crippen LogP contribution in [0.5, 0.6) is 0 Å². The van der Waals surface area contributed by atoms with Gasteiger partial charge in [0.2, 0.25) is 0 Å². The van der Waals surface area contributed by atoms with Crippen molar-refractivity contribution >= 4 is 12.1 Å². The summed E-state index contributed by atoms with van der Waals surface area (Å²) in [5.41, 5.74) is 0.352. The third-order valence-corrected chi connectivity index (χ3v) is 13.3. The van der Waals surface area contributed by atoms with Gasteiger partial charge in [-0.1, -0.05) is 45.9 Å². The van der Waals surface area contributed by atoms with Crippen LogP contribution in [0, 0.1) is 23.7 Å². The molecule has 3 N–H and O–H groups in total. The third kappa shape index (κ3) is 10.2. The Morgan fingerprint density at radius 1 is 1.15 bits per heavy atom. The monoisotopic (exact) mass is 853 g/mol.